The molecular formula is C11H12F4N4O3. The van der Waals surface area contributed by atoms with E-state index in [9.17, 15) is 27.2 Å². The number of alkyl halides is 4. The summed E-state index contributed by atoms with van der Waals surface area (Å²) in [5, 5.41) is 14.6. The van der Waals surface area contributed by atoms with Crippen LogP contribution in [-0.2, 0) is 11.3 Å². The van der Waals surface area contributed by atoms with Crippen LogP contribution in [0.1, 0.15) is 6.42 Å². The van der Waals surface area contributed by atoms with E-state index in [2.05, 4.69) is 10.4 Å². The number of anilines is 1. The lowest BCUT2D eigenvalue weighted by Gasteiger charge is -2.19. The molecule has 1 aromatic heterocycles. The predicted octanol–water partition coefficient (Wildman–Crippen LogP) is 1.47. The Balaban J connectivity index is 2.01. The van der Waals surface area contributed by atoms with Crippen molar-refractivity contribution in [2.75, 3.05) is 11.9 Å². The van der Waals surface area contributed by atoms with Crippen molar-refractivity contribution in [3.05, 3.63) is 12.3 Å². The summed E-state index contributed by atoms with van der Waals surface area (Å²) in [4.78, 5) is 23.5. The minimum Gasteiger partial charge on any atom is -0.465 e. The Hall–Kier alpha value is -2.33. The molecule has 11 heteroatoms. The molecule has 1 aliphatic rings. The largest absolute Gasteiger partial charge is 0.465 e. The number of likely N-dealkylation sites (tertiary alicyclic amines) is 1. The minimum atomic E-state index is -4.46. The number of halogens is 4. The highest BCUT2D eigenvalue weighted by Crippen LogP contribution is 2.22. The van der Waals surface area contributed by atoms with E-state index in [4.69, 9.17) is 5.11 Å². The van der Waals surface area contributed by atoms with Crippen LogP contribution in [0.25, 0.3) is 0 Å². The van der Waals surface area contributed by atoms with E-state index in [0.29, 0.717) is 9.58 Å². The SMILES string of the molecule is O=C(Nc1ccn(CC(F)(F)F)n1)[C@@H]1C[C@@H](F)CN1C(=O)O. The molecule has 0 unspecified atom stereocenters. The summed E-state index contributed by atoms with van der Waals surface area (Å²) in [7, 11) is 0. The topological polar surface area (TPSA) is 87.5 Å². The van der Waals surface area contributed by atoms with Crippen molar-refractivity contribution in [3.63, 3.8) is 0 Å². The molecule has 0 saturated carbocycles. The van der Waals surface area contributed by atoms with E-state index < -0.39 is 43.5 Å². The van der Waals surface area contributed by atoms with Crippen LogP contribution in [0.4, 0.5) is 28.2 Å². The third-order valence-electron chi connectivity index (χ3n) is 3.03. The molecule has 2 N–H and O–H groups in total. The number of rotatable bonds is 3. The number of hydrogen-bond acceptors (Lipinski definition) is 3. The fourth-order valence-corrected chi connectivity index (χ4v) is 2.15. The average Bonchev–Trinajstić information content (AvgIpc) is 2.94. The van der Waals surface area contributed by atoms with Crippen LogP contribution in [0.3, 0.4) is 0 Å². The first-order valence-corrected chi connectivity index (χ1v) is 6.20. The molecule has 1 aromatic rings. The van der Waals surface area contributed by atoms with Crippen molar-refractivity contribution in [2.24, 2.45) is 0 Å². The number of carbonyl (C=O) groups excluding carboxylic acids is 1. The molecule has 0 bridgehead atoms. The van der Waals surface area contributed by atoms with Crippen molar-refractivity contribution in [3.8, 4) is 0 Å². The summed E-state index contributed by atoms with van der Waals surface area (Å²) < 4.78 is 50.4. The summed E-state index contributed by atoms with van der Waals surface area (Å²) in [6.07, 6.45) is -6.65. The van der Waals surface area contributed by atoms with Gasteiger partial charge in [0.2, 0.25) is 5.91 Å². The van der Waals surface area contributed by atoms with Gasteiger partial charge in [-0.2, -0.15) is 18.3 Å². The maximum atomic E-state index is 13.2. The Morgan fingerprint density at radius 1 is 1.45 bits per heavy atom. The molecule has 1 saturated heterocycles. The molecular weight excluding hydrogens is 312 g/mol. The molecule has 0 aliphatic carbocycles. The zero-order chi connectivity index (χ0) is 16.5. The maximum absolute atomic E-state index is 13.2. The number of nitrogens with one attached hydrogen (secondary N) is 1. The maximum Gasteiger partial charge on any atom is 0.408 e. The van der Waals surface area contributed by atoms with Crippen LogP contribution in [0.15, 0.2) is 12.3 Å². The number of amides is 2. The number of carboxylic acid groups (broad SMARTS) is 1. The van der Waals surface area contributed by atoms with Crippen LogP contribution < -0.4 is 5.32 Å². The average molecular weight is 324 g/mol. The fraction of sp³-hybridized carbons (Fsp3) is 0.545. The molecule has 7 nitrogen and oxygen atoms in total. The first-order chi connectivity index (χ1) is 10.2. The molecule has 0 radical (unpaired) electrons. The van der Waals surface area contributed by atoms with Crippen LogP contribution in [0.2, 0.25) is 0 Å². The molecule has 1 aliphatic heterocycles. The Bertz CT molecular complexity index is 574. The molecule has 2 heterocycles. The number of carbonyl (C=O) groups is 2. The second kappa shape index (κ2) is 5.81. The zero-order valence-corrected chi connectivity index (χ0v) is 11.0. The third kappa shape index (κ3) is 3.86. The van der Waals surface area contributed by atoms with Crippen molar-refractivity contribution in [1.29, 1.82) is 0 Å². The van der Waals surface area contributed by atoms with Gasteiger partial charge in [0.1, 0.15) is 18.8 Å². The lowest BCUT2D eigenvalue weighted by atomic mass is 10.2. The van der Waals surface area contributed by atoms with Crippen LogP contribution in [-0.4, -0.2) is 56.7 Å². The fourth-order valence-electron chi connectivity index (χ4n) is 2.15. The highest BCUT2D eigenvalue weighted by molar-refractivity contribution is 5.96. The van der Waals surface area contributed by atoms with Crippen molar-refractivity contribution in [2.45, 2.75) is 31.4 Å². The predicted molar refractivity (Wildman–Crippen MR) is 64.9 cm³/mol. The van der Waals surface area contributed by atoms with E-state index in [1.165, 1.54) is 0 Å². The smallest absolute Gasteiger partial charge is 0.408 e. The lowest BCUT2D eigenvalue weighted by molar-refractivity contribution is -0.142. The molecule has 0 aromatic carbocycles. The number of aromatic nitrogens is 2. The summed E-state index contributed by atoms with van der Waals surface area (Å²) in [6, 6.07) is -0.100. The molecule has 1 fully saturated rings. The molecule has 22 heavy (non-hydrogen) atoms. The van der Waals surface area contributed by atoms with Gasteiger partial charge in [-0.25, -0.2) is 9.18 Å². The second-order valence-corrected chi connectivity index (χ2v) is 4.79. The Kier molecular flexibility index (Phi) is 4.24. The highest BCUT2D eigenvalue weighted by Gasteiger charge is 2.40. The molecule has 2 amide bonds. The standard InChI is InChI=1S/C11H12F4N4O3/c12-6-3-7(19(4-6)10(21)22)9(20)16-8-1-2-18(17-8)5-11(13,14)15/h1-2,6-7H,3-5H2,(H,21,22)(H,16,17,20)/t6-,7+/m1/s1. The Morgan fingerprint density at radius 2 is 2.14 bits per heavy atom. The number of hydrogen-bond donors (Lipinski definition) is 2. The summed E-state index contributed by atoms with van der Waals surface area (Å²) >= 11 is 0. The molecule has 0 spiro atoms. The van der Waals surface area contributed by atoms with E-state index in [0.717, 1.165) is 12.3 Å². The second-order valence-electron chi connectivity index (χ2n) is 4.79. The van der Waals surface area contributed by atoms with Crippen molar-refractivity contribution < 1.29 is 32.3 Å². The van der Waals surface area contributed by atoms with Gasteiger partial charge in [0.25, 0.3) is 0 Å². The van der Waals surface area contributed by atoms with Gasteiger partial charge in [0.15, 0.2) is 5.82 Å². The quantitative estimate of drug-likeness (QED) is 0.824. The van der Waals surface area contributed by atoms with Gasteiger partial charge < -0.3 is 10.4 Å². The van der Waals surface area contributed by atoms with Gasteiger partial charge in [-0.3, -0.25) is 14.4 Å². The molecule has 2 atom stereocenters. The van der Waals surface area contributed by atoms with Crippen molar-refractivity contribution >= 4 is 17.8 Å². The Labute approximate surface area is 121 Å². The lowest BCUT2D eigenvalue weighted by Crippen LogP contribution is -2.42. The highest BCUT2D eigenvalue weighted by atomic mass is 19.4. The molecule has 2 rings (SSSR count). The van der Waals surface area contributed by atoms with E-state index in [-0.39, 0.29) is 12.2 Å². The van der Waals surface area contributed by atoms with Crippen molar-refractivity contribution in [1.82, 2.24) is 14.7 Å². The van der Waals surface area contributed by atoms with Gasteiger partial charge in [-0.05, 0) is 0 Å². The van der Waals surface area contributed by atoms with Gasteiger partial charge in [0, 0.05) is 18.7 Å². The van der Waals surface area contributed by atoms with Crippen LogP contribution in [0, 0.1) is 0 Å². The summed E-state index contributed by atoms with van der Waals surface area (Å²) in [5.74, 6) is -0.998. The van der Waals surface area contributed by atoms with E-state index in [1.54, 1.807) is 0 Å². The molecule has 122 valence electrons. The van der Waals surface area contributed by atoms with Gasteiger partial charge in [0.05, 0.1) is 6.54 Å². The first-order valence-electron chi connectivity index (χ1n) is 6.20. The van der Waals surface area contributed by atoms with Gasteiger partial charge in [-0.1, -0.05) is 0 Å². The minimum absolute atomic E-state index is 0.165. The van der Waals surface area contributed by atoms with Gasteiger partial charge in [-0.15, -0.1) is 0 Å². The normalized spacial score (nSPS) is 21.9. The van der Waals surface area contributed by atoms with E-state index >= 15 is 0 Å². The summed E-state index contributed by atoms with van der Waals surface area (Å²) in [6.45, 7) is -1.74. The third-order valence-corrected chi connectivity index (χ3v) is 3.03. The monoisotopic (exact) mass is 324 g/mol. The van der Waals surface area contributed by atoms with Crippen LogP contribution >= 0.6 is 0 Å². The summed E-state index contributed by atoms with van der Waals surface area (Å²) in [5.41, 5.74) is 0. The zero-order valence-electron chi connectivity index (χ0n) is 11.0. The first kappa shape index (κ1) is 16.0. The number of nitrogens with zero attached hydrogens (tertiary/aromatic N) is 3. The van der Waals surface area contributed by atoms with Crippen LogP contribution in [0.5, 0.6) is 0 Å². The Morgan fingerprint density at radius 3 is 2.73 bits per heavy atom. The van der Waals surface area contributed by atoms with Gasteiger partial charge >= 0.3 is 12.3 Å². The van der Waals surface area contributed by atoms with E-state index in [1.807, 2.05) is 0 Å².